The Morgan fingerprint density at radius 2 is 2.07 bits per heavy atom. The summed E-state index contributed by atoms with van der Waals surface area (Å²) in [5.41, 5.74) is 0.866. The minimum absolute atomic E-state index is 0.336. The molecular formula is C11H12N2O2. The van der Waals surface area contributed by atoms with E-state index in [-0.39, 0.29) is 6.29 Å². The van der Waals surface area contributed by atoms with Crippen molar-refractivity contribution < 1.29 is 9.47 Å². The van der Waals surface area contributed by atoms with Crippen LogP contribution in [0.5, 0.6) is 6.01 Å². The highest BCUT2D eigenvalue weighted by atomic mass is 16.7. The first-order valence-electron chi connectivity index (χ1n) is 4.71. The van der Waals surface area contributed by atoms with E-state index in [2.05, 4.69) is 9.97 Å². The van der Waals surface area contributed by atoms with Crippen LogP contribution < -0.4 is 4.74 Å². The standard InChI is InChI=1S/C11H12N2O2/c1-8(14-2)15-11-12-7-9-5-3-4-6-10(9)13-11/h3-8H,1-2H3. The molecule has 0 aliphatic rings. The largest absolute Gasteiger partial charge is 0.434 e. The SMILES string of the molecule is COC(C)Oc1ncc2ccccc2n1. The molecule has 1 unspecified atom stereocenters. The summed E-state index contributed by atoms with van der Waals surface area (Å²) in [5, 5.41) is 0.995. The second kappa shape index (κ2) is 4.23. The first kappa shape index (κ1) is 9.86. The minimum atomic E-state index is -0.342. The first-order valence-corrected chi connectivity index (χ1v) is 4.71. The maximum Gasteiger partial charge on any atom is 0.319 e. The van der Waals surface area contributed by atoms with Gasteiger partial charge in [0.1, 0.15) is 0 Å². The van der Waals surface area contributed by atoms with Crippen LogP contribution in [0.15, 0.2) is 30.5 Å². The zero-order valence-electron chi connectivity index (χ0n) is 8.68. The van der Waals surface area contributed by atoms with E-state index in [1.165, 1.54) is 0 Å². The van der Waals surface area contributed by atoms with Crippen molar-refractivity contribution in [2.75, 3.05) is 7.11 Å². The molecule has 0 N–H and O–H groups in total. The molecule has 15 heavy (non-hydrogen) atoms. The molecule has 0 bridgehead atoms. The lowest BCUT2D eigenvalue weighted by molar-refractivity contribution is -0.0436. The average molecular weight is 204 g/mol. The van der Waals surface area contributed by atoms with Crippen molar-refractivity contribution in [3.05, 3.63) is 30.5 Å². The van der Waals surface area contributed by atoms with E-state index in [0.29, 0.717) is 6.01 Å². The third-order valence-corrected chi connectivity index (χ3v) is 2.07. The van der Waals surface area contributed by atoms with Gasteiger partial charge in [0.2, 0.25) is 0 Å². The van der Waals surface area contributed by atoms with Gasteiger partial charge in [-0.05, 0) is 13.0 Å². The monoisotopic (exact) mass is 204 g/mol. The Morgan fingerprint density at radius 3 is 2.87 bits per heavy atom. The molecule has 1 aromatic heterocycles. The van der Waals surface area contributed by atoms with Crippen molar-refractivity contribution in [1.29, 1.82) is 0 Å². The zero-order chi connectivity index (χ0) is 10.7. The molecule has 0 spiro atoms. The van der Waals surface area contributed by atoms with Gasteiger partial charge in [0.25, 0.3) is 0 Å². The van der Waals surface area contributed by atoms with Gasteiger partial charge in [0.05, 0.1) is 5.52 Å². The highest BCUT2D eigenvalue weighted by Gasteiger charge is 2.04. The summed E-state index contributed by atoms with van der Waals surface area (Å²) in [6, 6.07) is 8.09. The van der Waals surface area contributed by atoms with Crippen molar-refractivity contribution >= 4 is 10.9 Å². The second-order valence-electron chi connectivity index (χ2n) is 3.13. The van der Waals surface area contributed by atoms with Crippen molar-refractivity contribution in [1.82, 2.24) is 9.97 Å². The minimum Gasteiger partial charge on any atom is -0.434 e. The molecule has 1 atom stereocenters. The fourth-order valence-electron chi connectivity index (χ4n) is 1.21. The van der Waals surface area contributed by atoms with Gasteiger partial charge >= 0.3 is 6.01 Å². The number of ether oxygens (including phenoxy) is 2. The molecule has 4 nitrogen and oxygen atoms in total. The lowest BCUT2D eigenvalue weighted by Crippen LogP contribution is -2.15. The Morgan fingerprint density at radius 1 is 1.27 bits per heavy atom. The van der Waals surface area contributed by atoms with Crippen LogP contribution in [0.3, 0.4) is 0 Å². The topological polar surface area (TPSA) is 44.2 Å². The summed E-state index contributed by atoms with van der Waals surface area (Å²) < 4.78 is 10.3. The Kier molecular flexibility index (Phi) is 2.78. The Bertz CT molecular complexity index is 459. The Balaban J connectivity index is 2.30. The average Bonchev–Trinajstić information content (AvgIpc) is 2.29. The van der Waals surface area contributed by atoms with Crippen molar-refractivity contribution in [2.45, 2.75) is 13.2 Å². The predicted molar refractivity (Wildman–Crippen MR) is 56.6 cm³/mol. The molecule has 0 saturated heterocycles. The lowest BCUT2D eigenvalue weighted by atomic mass is 10.2. The molecule has 78 valence electrons. The number of rotatable bonds is 3. The molecule has 0 amide bonds. The normalized spacial score (nSPS) is 12.7. The number of benzene rings is 1. The van der Waals surface area contributed by atoms with E-state index in [4.69, 9.17) is 9.47 Å². The van der Waals surface area contributed by atoms with Gasteiger partial charge in [-0.15, -0.1) is 0 Å². The maximum atomic E-state index is 5.33. The van der Waals surface area contributed by atoms with Gasteiger partial charge in [0, 0.05) is 18.7 Å². The van der Waals surface area contributed by atoms with Crippen molar-refractivity contribution in [3.63, 3.8) is 0 Å². The van der Waals surface area contributed by atoms with E-state index in [0.717, 1.165) is 10.9 Å². The maximum absolute atomic E-state index is 5.33. The van der Waals surface area contributed by atoms with Crippen LogP contribution in [-0.4, -0.2) is 23.4 Å². The van der Waals surface area contributed by atoms with Crippen molar-refractivity contribution in [3.8, 4) is 6.01 Å². The summed E-state index contributed by atoms with van der Waals surface area (Å²) in [6.07, 6.45) is 1.39. The fraction of sp³-hybridized carbons (Fsp3) is 0.273. The number of hydrogen-bond acceptors (Lipinski definition) is 4. The Labute approximate surface area is 87.9 Å². The number of para-hydroxylation sites is 1. The van der Waals surface area contributed by atoms with Crippen molar-refractivity contribution in [2.24, 2.45) is 0 Å². The predicted octanol–water partition coefficient (Wildman–Crippen LogP) is 2.00. The number of nitrogens with zero attached hydrogens (tertiary/aromatic N) is 2. The third-order valence-electron chi connectivity index (χ3n) is 2.07. The Hall–Kier alpha value is -1.68. The number of hydrogen-bond donors (Lipinski definition) is 0. The molecule has 0 fully saturated rings. The van der Waals surface area contributed by atoms with E-state index in [1.54, 1.807) is 20.2 Å². The van der Waals surface area contributed by atoms with Crippen LogP contribution in [0, 0.1) is 0 Å². The zero-order valence-corrected chi connectivity index (χ0v) is 8.68. The number of aromatic nitrogens is 2. The van der Waals surface area contributed by atoms with Gasteiger partial charge in [0.15, 0.2) is 6.29 Å². The van der Waals surface area contributed by atoms with Gasteiger partial charge in [-0.3, -0.25) is 0 Å². The van der Waals surface area contributed by atoms with E-state index in [1.807, 2.05) is 24.3 Å². The van der Waals surface area contributed by atoms with E-state index < -0.39 is 0 Å². The van der Waals surface area contributed by atoms with Gasteiger partial charge in [-0.2, -0.15) is 4.98 Å². The lowest BCUT2D eigenvalue weighted by Gasteiger charge is -2.10. The van der Waals surface area contributed by atoms with Crippen LogP contribution >= 0.6 is 0 Å². The molecule has 0 aliphatic heterocycles. The summed E-state index contributed by atoms with van der Waals surface area (Å²) in [4.78, 5) is 8.33. The molecule has 0 radical (unpaired) electrons. The summed E-state index contributed by atoms with van der Waals surface area (Å²) in [7, 11) is 1.58. The highest BCUT2D eigenvalue weighted by Crippen LogP contribution is 2.13. The summed E-state index contributed by atoms with van der Waals surface area (Å²) >= 11 is 0. The molecule has 1 aromatic carbocycles. The summed E-state index contributed by atoms with van der Waals surface area (Å²) in [5.74, 6) is 0. The fourth-order valence-corrected chi connectivity index (χ4v) is 1.21. The van der Waals surface area contributed by atoms with E-state index in [9.17, 15) is 0 Å². The summed E-state index contributed by atoms with van der Waals surface area (Å²) in [6.45, 7) is 1.79. The van der Waals surface area contributed by atoms with Gasteiger partial charge < -0.3 is 9.47 Å². The smallest absolute Gasteiger partial charge is 0.319 e. The quantitative estimate of drug-likeness (QED) is 0.717. The molecular weight excluding hydrogens is 192 g/mol. The van der Waals surface area contributed by atoms with Crippen LogP contribution in [0.2, 0.25) is 0 Å². The highest BCUT2D eigenvalue weighted by molar-refractivity contribution is 5.77. The van der Waals surface area contributed by atoms with Crippen LogP contribution in [-0.2, 0) is 4.74 Å². The van der Waals surface area contributed by atoms with Crippen LogP contribution in [0.25, 0.3) is 10.9 Å². The van der Waals surface area contributed by atoms with Crippen LogP contribution in [0.1, 0.15) is 6.92 Å². The molecule has 1 heterocycles. The molecule has 0 saturated carbocycles. The second-order valence-corrected chi connectivity index (χ2v) is 3.13. The molecule has 0 aliphatic carbocycles. The van der Waals surface area contributed by atoms with Gasteiger partial charge in [-0.1, -0.05) is 18.2 Å². The van der Waals surface area contributed by atoms with E-state index >= 15 is 0 Å². The number of fused-ring (bicyclic) bond motifs is 1. The molecule has 2 aromatic rings. The molecule has 4 heteroatoms. The number of methoxy groups -OCH3 is 1. The van der Waals surface area contributed by atoms with Crippen LogP contribution in [0.4, 0.5) is 0 Å². The third kappa shape index (κ3) is 2.22. The first-order chi connectivity index (χ1) is 7.29. The van der Waals surface area contributed by atoms with Gasteiger partial charge in [-0.25, -0.2) is 4.98 Å². The molecule has 2 rings (SSSR count).